The maximum atomic E-state index is 2.78. The van der Waals surface area contributed by atoms with Crippen LogP contribution in [0.5, 0.6) is 0 Å². The summed E-state index contributed by atoms with van der Waals surface area (Å²) in [6.45, 7) is 45.2. The number of allylic oxidation sites excluding steroid dienone is 4. The zero-order valence-corrected chi connectivity index (χ0v) is 43.5. The average molecular weight is 855 g/mol. The molecule has 1 atom stereocenters. The molecule has 0 nitrogen and oxygen atoms in total. The van der Waals surface area contributed by atoms with Gasteiger partial charge in [-0.2, -0.15) is 0 Å². The summed E-state index contributed by atoms with van der Waals surface area (Å²) in [4.78, 5) is 0. The maximum Gasteiger partial charge on any atom is -0.147 e. The smallest absolute Gasteiger partial charge is 0.147 e. The minimum absolute atomic E-state index is 0. The van der Waals surface area contributed by atoms with E-state index in [0.29, 0.717) is 5.92 Å². The van der Waals surface area contributed by atoms with Gasteiger partial charge in [0.1, 0.15) is 0 Å². The first-order valence-electron chi connectivity index (χ1n) is 17.9. The topological polar surface area (TPSA) is 0 Å². The number of aryl methyl sites for hydroxylation is 2. The summed E-state index contributed by atoms with van der Waals surface area (Å²) in [6.07, 6.45) is 0. The van der Waals surface area contributed by atoms with Gasteiger partial charge in [0, 0.05) is 0 Å². The second kappa shape index (κ2) is 16.7. The van der Waals surface area contributed by atoms with E-state index in [1.807, 2.05) is 3.88 Å². The van der Waals surface area contributed by atoms with Crippen molar-refractivity contribution in [1.29, 1.82) is 0 Å². The van der Waals surface area contributed by atoms with Gasteiger partial charge in [0.25, 0.3) is 0 Å². The van der Waals surface area contributed by atoms with Crippen LogP contribution in [0.2, 0.25) is 78.6 Å². The van der Waals surface area contributed by atoms with E-state index in [0.717, 1.165) is 0 Å². The zero-order valence-electron chi connectivity index (χ0n) is 34.5. The molecule has 0 fully saturated rings. The van der Waals surface area contributed by atoms with Gasteiger partial charge in [-0.1, -0.05) is 0 Å². The predicted molar refractivity (Wildman–Crippen MR) is 247 cm³/mol. The molecule has 276 valence electrons. The SMILES string of the molecule is CC1=C(C)C(C)[C]([Ti][Si](c2cc(C)cc(C)c2)(c2cc([Si](C)(C)C)cc([Si](C)(C)C)c2)c2cc([Si](C)(C)C)cc([Si](C)(C)C)c2)=C1C.Cl.Cl.Cl. The second-order valence-electron chi connectivity index (χ2n) is 18.9. The van der Waals surface area contributed by atoms with Crippen LogP contribution in [0.25, 0.3) is 0 Å². The van der Waals surface area contributed by atoms with E-state index in [-0.39, 0.29) is 37.2 Å². The van der Waals surface area contributed by atoms with Gasteiger partial charge < -0.3 is 0 Å². The quantitative estimate of drug-likeness (QED) is 0.149. The second-order valence-corrected chi connectivity index (χ2v) is 48.2. The molecule has 0 N–H and O–H groups in total. The van der Waals surface area contributed by atoms with Crippen molar-refractivity contribution in [2.24, 2.45) is 5.92 Å². The first-order valence-corrected chi connectivity index (χ1v) is 37.0. The third-order valence-corrected chi connectivity index (χ3v) is 31.3. The molecule has 1 aliphatic rings. The van der Waals surface area contributed by atoms with Gasteiger partial charge in [0.05, 0.1) is 0 Å². The molecule has 0 saturated heterocycles. The van der Waals surface area contributed by atoms with E-state index in [1.165, 1.54) is 11.1 Å². The third kappa shape index (κ3) is 9.91. The summed E-state index contributed by atoms with van der Waals surface area (Å²) in [5.74, 6) is -1.96. The van der Waals surface area contributed by atoms with Gasteiger partial charge in [-0.15, -0.1) is 37.2 Å². The van der Waals surface area contributed by atoms with Gasteiger partial charge in [-0.3, -0.25) is 0 Å². The molecule has 1 aliphatic carbocycles. The Morgan fingerprint density at radius 2 is 0.680 bits per heavy atom. The van der Waals surface area contributed by atoms with Crippen molar-refractivity contribution in [3.8, 4) is 0 Å². The molecule has 9 heteroatoms. The van der Waals surface area contributed by atoms with Crippen LogP contribution in [0.4, 0.5) is 0 Å². The zero-order chi connectivity index (χ0) is 35.7. The Kier molecular flexibility index (Phi) is 15.9. The van der Waals surface area contributed by atoms with Crippen LogP contribution >= 0.6 is 37.2 Å². The molecule has 50 heavy (non-hydrogen) atoms. The minimum Gasteiger partial charge on any atom is -0.147 e. The van der Waals surface area contributed by atoms with Crippen molar-refractivity contribution in [3.63, 3.8) is 0 Å². The fourth-order valence-corrected chi connectivity index (χ4v) is 25.8. The van der Waals surface area contributed by atoms with Crippen molar-refractivity contribution in [2.45, 2.75) is 120 Å². The molecule has 4 rings (SSSR count). The van der Waals surface area contributed by atoms with Gasteiger partial charge in [0.2, 0.25) is 0 Å². The summed E-state index contributed by atoms with van der Waals surface area (Å²) in [7, 11) is -6.40. The predicted octanol–water partition coefficient (Wildman–Crippen LogP) is 9.06. The average Bonchev–Trinajstić information content (AvgIpc) is 3.10. The molecule has 0 aromatic heterocycles. The molecular weight excluding hydrogens is 787 g/mol. The largest absolute Gasteiger partial charge is 0.147 e. The molecule has 3 aromatic rings. The Hall–Kier alpha value is -0.191. The van der Waals surface area contributed by atoms with E-state index in [1.54, 1.807) is 53.0 Å². The molecule has 0 aliphatic heterocycles. The Bertz CT molecular complexity index is 1610. The van der Waals surface area contributed by atoms with E-state index in [2.05, 4.69) is 175 Å². The molecule has 3 aromatic carbocycles. The van der Waals surface area contributed by atoms with Crippen LogP contribution in [-0.2, 0) is 18.4 Å². The molecule has 0 heterocycles. The first kappa shape index (κ1) is 47.8. The molecule has 0 spiro atoms. The number of rotatable bonds is 9. The molecule has 0 bridgehead atoms. The molecule has 1 unspecified atom stereocenters. The fourth-order valence-electron chi connectivity index (χ4n) is 7.10. The third-order valence-electron chi connectivity index (χ3n) is 10.8. The van der Waals surface area contributed by atoms with Crippen LogP contribution in [0, 0.1) is 19.8 Å². The molecule has 0 amide bonds. The summed E-state index contributed by atoms with van der Waals surface area (Å²) in [6, 6.07) is 24.1. The number of hydrogen-bond donors (Lipinski definition) is 0. The number of halogens is 3. The van der Waals surface area contributed by atoms with Gasteiger partial charge in [-0.05, 0) is 0 Å². The molecule has 0 radical (unpaired) electrons. The van der Waals surface area contributed by atoms with Crippen molar-refractivity contribution < 1.29 is 18.4 Å². The Morgan fingerprint density at radius 1 is 0.400 bits per heavy atom. The van der Waals surface area contributed by atoms with E-state index < -0.39 is 56.6 Å². The normalized spacial score (nSPS) is 15.8. The maximum absolute atomic E-state index is 2.78. The summed E-state index contributed by atoms with van der Waals surface area (Å²) in [5, 5.41) is 11.7. The Labute approximate surface area is 339 Å². The van der Waals surface area contributed by atoms with Crippen LogP contribution < -0.4 is 36.3 Å². The van der Waals surface area contributed by atoms with Crippen molar-refractivity contribution in [2.75, 3.05) is 0 Å². The Morgan fingerprint density at radius 3 is 0.940 bits per heavy atom. The standard InChI is InChI=1S/C32H51Si5.C9H13.3ClH.Ti/c1-24-15-25(2)17-26(16-24)33(27-18-29(34(3,4)5)22-30(19-27)35(6,7)8)28-20-31(36(9,10)11)23-32(21-28)37(12,13)14;1-6-5-7(2)9(4)8(6)3;;;;/h15-23H,1-14H3;6H,1-4H3;3*1H;. The number of benzene rings is 3. The van der Waals surface area contributed by atoms with Gasteiger partial charge in [0.15, 0.2) is 0 Å². The van der Waals surface area contributed by atoms with Crippen molar-refractivity contribution in [1.82, 2.24) is 0 Å². The summed E-state index contributed by atoms with van der Waals surface area (Å²) < 4.78 is 1.81. The van der Waals surface area contributed by atoms with Crippen LogP contribution in [0.15, 0.2) is 75.2 Å². The summed E-state index contributed by atoms with van der Waals surface area (Å²) >= 11 is -0.597. The molecule has 0 saturated carbocycles. The van der Waals surface area contributed by atoms with Crippen molar-refractivity contribution >= 4 is 112 Å². The van der Waals surface area contributed by atoms with E-state index >= 15 is 0 Å². The number of hydrogen-bond acceptors (Lipinski definition) is 0. The monoisotopic (exact) mass is 852 g/mol. The van der Waals surface area contributed by atoms with Gasteiger partial charge >= 0.3 is 305 Å². The Balaban J connectivity index is 0.00000417. The summed E-state index contributed by atoms with van der Waals surface area (Å²) in [5.41, 5.74) is 7.59. The van der Waals surface area contributed by atoms with E-state index in [9.17, 15) is 0 Å². The van der Waals surface area contributed by atoms with Crippen molar-refractivity contribution in [3.05, 3.63) is 86.3 Å². The minimum atomic E-state index is -2.51. The fraction of sp³-hybridized carbons (Fsp3) is 0.463. The van der Waals surface area contributed by atoms with Crippen LogP contribution in [-0.4, -0.2) is 38.2 Å². The van der Waals surface area contributed by atoms with Crippen LogP contribution in [0.3, 0.4) is 0 Å². The molecular formula is C41H67Cl3Si5Ti. The van der Waals surface area contributed by atoms with E-state index in [4.69, 9.17) is 0 Å². The first-order chi connectivity index (χ1) is 21.3. The van der Waals surface area contributed by atoms with Gasteiger partial charge in [-0.25, -0.2) is 0 Å². The van der Waals surface area contributed by atoms with Crippen LogP contribution in [0.1, 0.15) is 38.8 Å².